The van der Waals surface area contributed by atoms with Gasteiger partial charge in [-0.2, -0.15) is 5.10 Å². The molecule has 1 saturated heterocycles. The Balaban J connectivity index is 1.85. The van der Waals surface area contributed by atoms with Crippen LogP contribution in [0.3, 0.4) is 0 Å². The number of carbonyl (C=O) groups is 1. The molecule has 5 nitrogen and oxygen atoms in total. The highest BCUT2D eigenvalue weighted by atomic mass is 32.2. The molecule has 0 N–H and O–H groups in total. The van der Waals surface area contributed by atoms with E-state index in [9.17, 15) is 13.2 Å². The molecule has 0 bridgehead atoms. The van der Waals surface area contributed by atoms with Gasteiger partial charge in [0.1, 0.15) is 0 Å². The van der Waals surface area contributed by atoms with Crippen molar-refractivity contribution in [2.75, 3.05) is 11.5 Å². The lowest BCUT2D eigenvalue weighted by Crippen LogP contribution is -2.13. The third-order valence-corrected chi connectivity index (χ3v) is 6.15. The number of carbonyl (C=O) groups excluding carboxylic acids is 1. The molecule has 0 aliphatic carbocycles. The lowest BCUT2D eigenvalue weighted by molar-refractivity contribution is 0.104. The van der Waals surface area contributed by atoms with Crippen LogP contribution in [-0.4, -0.2) is 35.5 Å². The number of hydrogen-bond donors (Lipinski definition) is 0. The van der Waals surface area contributed by atoms with E-state index in [2.05, 4.69) is 5.10 Å². The lowest BCUT2D eigenvalue weighted by Gasteiger charge is -2.10. The molecule has 0 amide bonds. The number of sulfone groups is 1. The molecule has 0 unspecified atom stereocenters. The predicted molar refractivity (Wildman–Crippen MR) is 93.8 cm³/mol. The zero-order chi connectivity index (χ0) is 17.3. The fourth-order valence-electron chi connectivity index (χ4n) is 3.10. The monoisotopic (exact) mass is 344 g/mol. The Morgan fingerprint density at radius 3 is 2.58 bits per heavy atom. The topological polar surface area (TPSA) is 69.0 Å². The van der Waals surface area contributed by atoms with Crippen molar-refractivity contribution >= 4 is 21.7 Å². The van der Waals surface area contributed by atoms with Crippen molar-refractivity contribution in [3.63, 3.8) is 0 Å². The second kappa shape index (κ2) is 6.36. The van der Waals surface area contributed by atoms with Crippen LogP contribution >= 0.6 is 0 Å². The Kier molecular flexibility index (Phi) is 4.41. The van der Waals surface area contributed by atoms with Gasteiger partial charge in [0.2, 0.25) is 0 Å². The number of rotatable bonds is 4. The van der Waals surface area contributed by atoms with E-state index >= 15 is 0 Å². The molecule has 0 saturated carbocycles. The van der Waals surface area contributed by atoms with Gasteiger partial charge in [-0.25, -0.2) is 8.42 Å². The molecule has 0 spiro atoms. The van der Waals surface area contributed by atoms with E-state index in [-0.39, 0.29) is 23.3 Å². The van der Waals surface area contributed by atoms with E-state index < -0.39 is 9.84 Å². The normalized spacial score (nSPS) is 19.8. The van der Waals surface area contributed by atoms with Crippen LogP contribution in [0.2, 0.25) is 0 Å². The van der Waals surface area contributed by atoms with E-state index in [1.165, 1.54) is 0 Å². The average Bonchev–Trinajstić information content (AvgIpc) is 3.05. The molecule has 1 aliphatic heterocycles. The molecule has 1 aromatic heterocycles. The number of benzene rings is 1. The molecule has 3 rings (SSSR count). The van der Waals surface area contributed by atoms with Gasteiger partial charge in [-0.05, 0) is 32.4 Å². The number of ketones is 1. The molecule has 1 aliphatic rings. The Labute approximate surface area is 141 Å². The minimum Gasteiger partial charge on any atom is -0.289 e. The maximum Gasteiger partial charge on any atom is 0.185 e. The number of allylic oxidation sites excluding steroid dienone is 1. The first kappa shape index (κ1) is 16.6. The molecular weight excluding hydrogens is 324 g/mol. The van der Waals surface area contributed by atoms with Gasteiger partial charge in [-0.3, -0.25) is 9.48 Å². The van der Waals surface area contributed by atoms with Crippen LogP contribution in [0.4, 0.5) is 0 Å². The summed E-state index contributed by atoms with van der Waals surface area (Å²) in [5.74, 6) is 0.292. The van der Waals surface area contributed by atoms with Gasteiger partial charge in [-0.1, -0.05) is 30.3 Å². The van der Waals surface area contributed by atoms with Gasteiger partial charge in [0.15, 0.2) is 15.6 Å². The minimum atomic E-state index is -2.96. The number of aromatic nitrogens is 2. The summed E-state index contributed by atoms with van der Waals surface area (Å²) in [6.45, 7) is 3.79. The summed E-state index contributed by atoms with van der Waals surface area (Å²) >= 11 is 0. The maximum atomic E-state index is 12.2. The summed E-state index contributed by atoms with van der Waals surface area (Å²) in [6.07, 6.45) is 3.91. The van der Waals surface area contributed by atoms with Crippen molar-refractivity contribution in [3.8, 4) is 0 Å². The molecule has 1 atom stereocenters. The van der Waals surface area contributed by atoms with Gasteiger partial charge >= 0.3 is 0 Å². The second-order valence-electron chi connectivity index (χ2n) is 6.15. The molecule has 0 radical (unpaired) electrons. The fraction of sp³-hybridized carbons (Fsp3) is 0.333. The molecule has 1 aromatic carbocycles. The van der Waals surface area contributed by atoms with E-state index in [0.717, 1.165) is 17.0 Å². The van der Waals surface area contributed by atoms with E-state index in [1.807, 2.05) is 32.0 Å². The van der Waals surface area contributed by atoms with Crippen LogP contribution in [-0.2, 0) is 9.84 Å². The molecule has 2 heterocycles. The first-order valence-electron chi connectivity index (χ1n) is 7.91. The first-order valence-corrected chi connectivity index (χ1v) is 9.73. The highest BCUT2D eigenvalue weighted by Crippen LogP contribution is 2.27. The van der Waals surface area contributed by atoms with Crippen LogP contribution in [0.1, 0.15) is 39.8 Å². The van der Waals surface area contributed by atoms with Crippen LogP contribution in [0, 0.1) is 13.8 Å². The summed E-state index contributed by atoms with van der Waals surface area (Å²) in [5, 5.41) is 4.50. The third-order valence-electron chi connectivity index (χ3n) is 4.39. The molecule has 126 valence electrons. The largest absolute Gasteiger partial charge is 0.289 e. The van der Waals surface area contributed by atoms with Gasteiger partial charge in [0.05, 0.1) is 23.2 Å². The zero-order valence-corrected chi connectivity index (χ0v) is 14.6. The minimum absolute atomic E-state index is 0.0643. The summed E-state index contributed by atoms with van der Waals surface area (Å²) in [6, 6.07) is 8.97. The maximum absolute atomic E-state index is 12.2. The number of aryl methyl sites for hydroxylation is 1. The summed E-state index contributed by atoms with van der Waals surface area (Å²) in [4.78, 5) is 12.2. The molecular formula is C18H20N2O3S. The Morgan fingerprint density at radius 2 is 1.96 bits per heavy atom. The van der Waals surface area contributed by atoms with E-state index in [1.54, 1.807) is 29.0 Å². The molecule has 1 fully saturated rings. The predicted octanol–water partition coefficient (Wildman–Crippen LogP) is 2.76. The van der Waals surface area contributed by atoms with Gasteiger partial charge in [0.25, 0.3) is 0 Å². The zero-order valence-electron chi connectivity index (χ0n) is 13.8. The van der Waals surface area contributed by atoms with Gasteiger partial charge in [0, 0.05) is 16.8 Å². The SMILES string of the molecule is Cc1nn([C@@H]2CCS(=O)(=O)C2)c(C)c1/C=C/C(=O)c1ccccc1. The van der Waals surface area contributed by atoms with Crippen molar-refractivity contribution < 1.29 is 13.2 Å². The molecule has 2 aromatic rings. The standard InChI is InChI=1S/C18H20N2O3S/c1-13-17(8-9-18(21)15-6-4-3-5-7-15)14(2)20(19-13)16-10-11-24(22,23)12-16/h3-9,16H,10-12H2,1-2H3/b9-8+/t16-/m1/s1. The second-order valence-corrected chi connectivity index (χ2v) is 8.38. The smallest absolute Gasteiger partial charge is 0.185 e. The quantitative estimate of drug-likeness (QED) is 0.632. The van der Waals surface area contributed by atoms with Crippen molar-refractivity contribution in [1.82, 2.24) is 9.78 Å². The fourth-order valence-corrected chi connectivity index (χ4v) is 4.79. The highest BCUT2D eigenvalue weighted by molar-refractivity contribution is 7.91. The van der Waals surface area contributed by atoms with Crippen molar-refractivity contribution in [3.05, 3.63) is 58.9 Å². The summed E-state index contributed by atoms with van der Waals surface area (Å²) in [5.41, 5.74) is 3.21. The first-order chi connectivity index (χ1) is 11.4. The highest BCUT2D eigenvalue weighted by Gasteiger charge is 2.31. The van der Waals surface area contributed by atoms with Crippen molar-refractivity contribution in [2.24, 2.45) is 0 Å². The average molecular weight is 344 g/mol. The van der Waals surface area contributed by atoms with Crippen LogP contribution in [0.15, 0.2) is 36.4 Å². The lowest BCUT2D eigenvalue weighted by atomic mass is 10.1. The van der Waals surface area contributed by atoms with E-state index in [0.29, 0.717) is 12.0 Å². The Hall–Kier alpha value is -2.21. The van der Waals surface area contributed by atoms with Crippen LogP contribution in [0.25, 0.3) is 6.08 Å². The number of hydrogen-bond acceptors (Lipinski definition) is 4. The molecule has 6 heteroatoms. The summed E-state index contributed by atoms with van der Waals surface area (Å²) in [7, 11) is -2.96. The van der Waals surface area contributed by atoms with E-state index in [4.69, 9.17) is 0 Å². The van der Waals surface area contributed by atoms with Crippen LogP contribution in [0.5, 0.6) is 0 Å². The molecule has 24 heavy (non-hydrogen) atoms. The number of nitrogens with zero attached hydrogens (tertiary/aromatic N) is 2. The Bertz CT molecular complexity index is 896. The summed E-state index contributed by atoms with van der Waals surface area (Å²) < 4.78 is 25.2. The van der Waals surface area contributed by atoms with Crippen molar-refractivity contribution in [1.29, 1.82) is 0 Å². The van der Waals surface area contributed by atoms with Crippen molar-refractivity contribution in [2.45, 2.75) is 26.3 Å². The Morgan fingerprint density at radius 1 is 1.25 bits per heavy atom. The van der Waals surface area contributed by atoms with Crippen LogP contribution < -0.4 is 0 Å². The third kappa shape index (κ3) is 3.33. The van der Waals surface area contributed by atoms with Gasteiger partial charge in [-0.15, -0.1) is 0 Å². The van der Waals surface area contributed by atoms with Gasteiger partial charge < -0.3 is 0 Å².